The topological polar surface area (TPSA) is 81.5 Å². The summed E-state index contributed by atoms with van der Waals surface area (Å²) in [5, 5.41) is 13.8. The van der Waals surface area contributed by atoms with Crippen LogP contribution >= 0.6 is 0 Å². The molecule has 0 bridgehead atoms. The van der Waals surface area contributed by atoms with Crippen molar-refractivity contribution in [3.8, 4) is 5.75 Å². The molecule has 0 aliphatic rings. The molecule has 0 spiro atoms. The van der Waals surface area contributed by atoms with Gasteiger partial charge in [0.05, 0.1) is 11.3 Å². The van der Waals surface area contributed by atoms with Gasteiger partial charge in [0.25, 0.3) is 5.69 Å². The molecule has 0 aliphatic carbocycles. The number of nitro groups is 1. The zero-order chi connectivity index (χ0) is 19.8. The van der Waals surface area contributed by atoms with Gasteiger partial charge in [-0.1, -0.05) is 60.7 Å². The number of carbonyl (C=O) groups excluding carboxylic acids is 1. The molecule has 0 atom stereocenters. The number of rotatable bonds is 8. The van der Waals surface area contributed by atoms with Crippen LogP contribution in [0.25, 0.3) is 0 Å². The highest BCUT2D eigenvalue weighted by Gasteiger charge is 2.15. The molecule has 142 valence electrons. The zero-order valence-corrected chi connectivity index (χ0v) is 15.2. The molecule has 0 saturated heterocycles. The van der Waals surface area contributed by atoms with Crippen LogP contribution in [-0.4, -0.2) is 10.8 Å². The summed E-state index contributed by atoms with van der Waals surface area (Å²) in [7, 11) is 0. The fraction of sp³-hybridized carbons (Fsp3) is 0.136. The van der Waals surface area contributed by atoms with E-state index >= 15 is 0 Å². The molecular weight excluding hydrogens is 356 g/mol. The molecule has 3 rings (SSSR count). The van der Waals surface area contributed by atoms with Gasteiger partial charge in [-0.2, -0.15) is 0 Å². The SMILES string of the molecule is O=C(Cc1ccccc1[N+](=O)[O-])NCc1ccc(COc2ccccc2)cc1. The Morgan fingerprint density at radius 1 is 0.893 bits per heavy atom. The lowest BCUT2D eigenvalue weighted by molar-refractivity contribution is -0.385. The first-order valence-electron chi connectivity index (χ1n) is 8.86. The largest absolute Gasteiger partial charge is 0.489 e. The second-order valence-corrected chi connectivity index (χ2v) is 6.26. The van der Waals surface area contributed by atoms with Crippen LogP contribution in [0, 0.1) is 10.1 Å². The van der Waals surface area contributed by atoms with Gasteiger partial charge in [-0.05, 0) is 23.3 Å². The predicted octanol–water partition coefficient (Wildman–Crippen LogP) is 4.03. The second-order valence-electron chi connectivity index (χ2n) is 6.26. The lowest BCUT2D eigenvalue weighted by Gasteiger charge is -2.08. The smallest absolute Gasteiger partial charge is 0.273 e. The van der Waals surface area contributed by atoms with E-state index in [4.69, 9.17) is 4.74 Å². The Hall–Kier alpha value is -3.67. The summed E-state index contributed by atoms with van der Waals surface area (Å²) in [6.45, 7) is 0.827. The van der Waals surface area contributed by atoms with Crippen LogP contribution in [0.1, 0.15) is 16.7 Å². The Balaban J connectivity index is 1.49. The molecule has 0 unspecified atom stereocenters. The van der Waals surface area contributed by atoms with Crippen LogP contribution in [-0.2, 0) is 24.4 Å². The second kappa shape index (κ2) is 9.32. The molecule has 1 N–H and O–H groups in total. The molecule has 6 nitrogen and oxygen atoms in total. The van der Waals surface area contributed by atoms with Crippen LogP contribution in [0.4, 0.5) is 5.69 Å². The van der Waals surface area contributed by atoms with Gasteiger partial charge in [0.2, 0.25) is 5.91 Å². The number of carbonyl (C=O) groups is 1. The van der Waals surface area contributed by atoms with Gasteiger partial charge < -0.3 is 10.1 Å². The quantitative estimate of drug-likeness (QED) is 0.475. The predicted molar refractivity (Wildman–Crippen MR) is 106 cm³/mol. The minimum atomic E-state index is -0.473. The maximum Gasteiger partial charge on any atom is 0.273 e. The normalized spacial score (nSPS) is 10.3. The third kappa shape index (κ3) is 5.41. The number of nitrogens with one attached hydrogen (secondary N) is 1. The van der Waals surface area contributed by atoms with E-state index in [1.54, 1.807) is 18.2 Å². The van der Waals surface area contributed by atoms with E-state index in [2.05, 4.69) is 5.32 Å². The number of benzene rings is 3. The molecule has 0 aliphatic heterocycles. The van der Waals surface area contributed by atoms with E-state index < -0.39 is 4.92 Å². The lowest BCUT2D eigenvalue weighted by Crippen LogP contribution is -2.24. The van der Waals surface area contributed by atoms with E-state index in [0.717, 1.165) is 16.9 Å². The Morgan fingerprint density at radius 3 is 2.25 bits per heavy atom. The van der Waals surface area contributed by atoms with E-state index in [9.17, 15) is 14.9 Å². The molecule has 0 heterocycles. The van der Waals surface area contributed by atoms with Gasteiger partial charge in [0.1, 0.15) is 12.4 Å². The first-order valence-corrected chi connectivity index (χ1v) is 8.86. The average Bonchev–Trinajstić information content (AvgIpc) is 2.72. The number of nitrogens with zero attached hydrogens (tertiary/aromatic N) is 1. The molecule has 0 aromatic heterocycles. The van der Waals surface area contributed by atoms with Crippen molar-refractivity contribution < 1.29 is 14.5 Å². The van der Waals surface area contributed by atoms with Crippen LogP contribution in [0.15, 0.2) is 78.9 Å². The van der Waals surface area contributed by atoms with Crippen molar-refractivity contribution in [1.82, 2.24) is 5.32 Å². The molecule has 3 aromatic rings. The highest BCUT2D eigenvalue weighted by molar-refractivity contribution is 5.79. The van der Waals surface area contributed by atoms with Crippen LogP contribution in [0.2, 0.25) is 0 Å². The van der Waals surface area contributed by atoms with E-state index in [1.165, 1.54) is 6.07 Å². The van der Waals surface area contributed by atoms with Gasteiger partial charge in [-0.25, -0.2) is 0 Å². The van der Waals surface area contributed by atoms with E-state index in [0.29, 0.717) is 18.7 Å². The number of ether oxygens (including phenoxy) is 1. The maximum absolute atomic E-state index is 12.1. The van der Waals surface area contributed by atoms with Gasteiger partial charge >= 0.3 is 0 Å². The first-order chi connectivity index (χ1) is 13.6. The average molecular weight is 376 g/mol. The van der Waals surface area contributed by atoms with E-state index in [1.807, 2.05) is 54.6 Å². The minimum absolute atomic E-state index is 0.0276. The fourth-order valence-corrected chi connectivity index (χ4v) is 2.71. The first kappa shape index (κ1) is 19.1. The molecule has 3 aromatic carbocycles. The highest BCUT2D eigenvalue weighted by atomic mass is 16.6. The summed E-state index contributed by atoms with van der Waals surface area (Å²) in [4.78, 5) is 22.7. The third-order valence-electron chi connectivity index (χ3n) is 4.20. The summed E-state index contributed by atoms with van der Waals surface area (Å²) in [6.07, 6.45) is -0.0276. The lowest BCUT2D eigenvalue weighted by atomic mass is 10.1. The molecule has 6 heteroatoms. The van der Waals surface area contributed by atoms with Crippen molar-refractivity contribution in [1.29, 1.82) is 0 Å². The molecule has 0 fully saturated rings. The Morgan fingerprint density at radius 2 is 1.54 bits per heavy atom. The summed E-state index contributed by atoms with van der Waals surface area (Å²) in [5.41, 5.74) is 2.33. The Kier molecular flexibility index (Phi) is 6.36. The number of hydrogen-bond donors (Lipinski definition) is 1. The third-order valence-corrected chi connectivity index (χ3v) is 4.20. The number of nitro benzene ring substituents is 1. The monoisotopic (exact) mass is 376 g/mol. The Labute approximate surface area is 162 Å². The Bertz CT molecular complexity index is 940. The summed E-state index contributed by atoms with van der Waals surface area (Å²) in [5.74, 6) is 0.555. The number of hydrogen-bond acceptors (Lipinski definition) is 4. The number of amides is 1. The maximum atomic E-state index is 12.1. The van der Waals surface area contributed by atoms with Crippen LogP contribution < -0.4 is 10.1 Å². The summed E-state index contributed by atoms with van der Waals surface area (Å²) in [6, 6.07) is 23.6. The van der Waals surface area contributed by atoms with Gasteiger partial charge in [-0.15, -0.1) is 0 Å². The van der Waals surface area contributed by atoms with Crippen molar-refractivity contribution in [3.05, 3.63) is 106 Å². The van der Waals surface area contributed by atoms with Crippen molar-refractivity contribution >= 4 is 11.6 Å². The van der Waals surface area contributed by atoms with Gasteiger partial charge in [0, 0.05) is 18.2 Å². The molecule has 1 amide bonds. The van der Waals surface area contributed by atoms with Crippen molar-refractivity contribution in [2.75, 3.05) is 0 Å². The minimum Gasteiger partial charge on any atom is -0.489 e. The van der Waals surface area contributed by atoms with E-state index in [-0.39, 0.29) is 18.0 Å². The zero-order valence-electron chi connectivity index (χ0n) is 15.2. The molecule has 0 saturated carbocycles. The van der Waals surface area contributed by atoms with Crippen molar-refractivity contribution in [2.24, 2.45) is 0 Å². The van der Waals surface area contributed by atoms with Crippen LogP contribution in [0.5, 0.6) is 5.75 Å². The summed E-state index contributed by atoms with van der Waals surface area (Å²) >= 11 is 0. The molecule has 0 radical (unpaired) electrons. The molecule has 28 heavy (non-hydrogen) atoms. The van der Waals surface area contributed by atoms with Crippen molar-refractivity contribution in [2.45, 2.75) is 19.6 Å². The van der Waals surface area contributed by atoms with Crippen LogP contribution in [0.3, 0.4) is 0 Å². The van der Waals surface area contributed by atoms with Gasteiger partial charge in [-0.3, -0.25) is 14.9 Å². The molecular formula is C22H20N2O4. The van der Waals surface area contributed by atoms with Gasteiger partial charge in [0.15, 0.2) is 0 Å². The highest BCUT2D eigenvalue weighted by Crippen LogP contribution is 2.18. The standard InChI is InChI=1S/C22H20N2O4/c25-22(14-19-6-4-5-9-21(19)24(26)27)23-15-17-10-12-18(13-11-17)16-28-20-7-2-1-3-8-20/h1-13H,14-16H2,(H,23,25). The van der Waals surface area contributed by atoms with Crippen molar-refractivity contribution in [3.63, 3.8) is 0 Å². The summed E-state index contributed by atoms with van der Waals surface area (Å²) < 4.78 is 5.70. The number of para-hydroxylation sites is 2. The fourth-order valence-electron chi connectivity index (χ4n) is 2.71.